The first-order chi connectivity index (χ1) is 23.3. The Labute approximate surface area is 276 Å². The quantitative estimate of drug-likeness (QED) is 0.192. The number of fused-ring (bicyclic) bond motifs is 7. The second-order valence-corrected chi connectivity index (χ2v) is 13.5. The van der Waals surface area contributed by atoms with Crippen molar-refractivity contribution in [3.8, 4) is 44.7 Å². The molecule has 220 valence electrons. The summed E-state index contributed by atoms with van der Waals surface area (Å²) in [5, 5.41) is 5.49. The minimum atomic E-state index is 0.651. The molecular weight excluding hydrogens is 617 g/mol. The Balaban J connectivity index is 1.18. The maximum absolute atomic E-state index is 6.18. The first-order valence-corrected chi connectivity index (χ1v) is 16.9. The number of thiazole rings is 1. The highest BCUT2D eigenvalue weighted by Gasteiger charge is 2.19. The molecule has 0 fully saturated rings. The van der Waals surface area contributed by atoms with Crippen LogP contribution in [0.4, 0.5) is 0 Å². The Kier molecular flexibility index (Phi) is 5.85. The zero-order valence-corrected chi connectivity index (χ0v) is 26.3. The minimum Gasteiger partial charge on any atom is -0.456 e. The lowest BCUT2D eigenvalue weighted by molar-refractivity contribution is 0.669. The Morgan fingerprint density at radius 2 is 1.09 bits per heavy atom. The third-order valence-corrected chi connectivity index (χ3v) is 10.7. The molecule has 0 atom stereocenters. The second kappa shape index (κ2) is 10.4. The van der Waals surface area contributed by atoms with E-state index >= 15 is 0 Å². The zero-order valence-electron chi connectivity index (χ0n) is 24.7. The molecule has 0 unspecified atom stereocenters. The SMILES string of the molecule is c1ccc(-c2nc(-c3ccccc3)nc(-c3cccc4sc5cc6sc(-c7cccc8oc9ccccc9c78)nc6cc5c34)n2)cc1. The summed E-state index contributed by atoms with van der Waals surface area (Å²) in [6.07, 6.45) is 0. The van der Waals surface area contributed by atoms with Crippen molar-refractivity contribution in [2.75, 3.05) is 0 Å². The fourth-order valence-electron chi connectivity index (χ4n) is 6.43. The van der Waals surface area contributed by atoms with Crippen molar-refractivity contribution >= 4 is 75.0 Å². The molecule has 0 aliphatic heterocycles. The highest BCUT2D eigenvalue weighted by atomic mass is 32.1. The van der Waals surface area contributed by atoms with Crippen molar-refractivity contribution in [2.45, 2.75) is 0 Å². The van der Waals surface area contributed by atoms with Crippen molar-refractivity contribution in [1.82, 2.24) is 19.9 Å². The van der Waals surface area contributed by atoms with Gasteiger partial charge in [0.1, 0.15) is 16.2 Å². The first-order valence-electron chi connectivity index (χ1n) is 15.3. The van der Waals surface area contributed by atoms with E-state index in [0.29, 0.717) is 17.5 Å². The molecule has 0 bridgehead atoms. The fraction of sp³-hybridized carbons (Fsp3) is 0. The van der Waals surface area contributed by atoms with Crippen LogP contribution in [0.25, 0.3) is 97.1 Å². The Bertz CT molecular complexity index is 2740. The predicted molar refractivity (Wildman–Crippen MR) is 195 cm³/mol. The number of thiophene rings is 1. The molecule has 0 aliphatic rings. The van der Waals surface area contributed by atoms with Crippen LogP contribution in [0.3, 0.4) is 0 Å². The van der Waals surface area contributed by atoms with Crippen LogP contribution in [0.5, 0.6) is 0 Å². The van der Waals surface area contributed by atoms with Crippen molar-refractivity contribution in [2.24, 2.45) is 0 Å². The summed E-state index contributed by atoms with van der Waals surface area (Å²) in [4.78, 5) is 20.2. The van der Waals surface area contributed by atoms with E-state index in [1.54, 1.807) is 22.7 Å². The van der Waals surface area contributed by atoms with Gasteiger partial charge in [0.05, 0.1) is 10.2 Å². The lowest BCUT2D eigenvalue weighted by Gasteiger charge is -2.09. The molecule has 10 aromatic rings. The molecule has 0 aliphatic carbocycles. The first kappa shape index (κ1) is 26.5. The number of benzene rings is 6. The third kappa shape index (κ3) is 4.28. The summed E-state index contributed by atoms with van der Waals surface area (Å²) in [5.74, 6) is 1.96. The van der Waals surface area contributed by atoms with Crippen molar-refractivity contribution < 1.29 is 4.42 Å². The molecule has 0 N–H and O–H groups in total. The summed E-state index contributed by atoms with van der Waals surface area (Å²) in [6, 6.07) is 45.6. The Hall–Kier alpha value is -5.76. The molecule has 7 heteroatoms. The van der Waals surface area contributed by atoms with E-state index in [-0.39, 0.29) is 0 Å². The van der Waals surface area contributed by atoms with Gasteiger partial charge in [-0.15, -0.1) is 22.7 Å². The third-order valence-electron chi connectivity index (χ3n) is 8.58. The van der Waals surface area contributed by atoms with Crippen LogP contribution in [0.15, 0.2) is 138 Å². The molecule has 6 aromatic carbocycles. The van der Waals surface area contributed by atoms with Gasteiger partial charge in [0, 0.05) is 53.2 Å². The molecule has 10 rings (SSSR count). The fourth-order valence-corrected chi connectivity index (χ4v) is 8.68. The highest BCUT2D eigenvalue weighted by molar-refractivity contribution is 7.26. The topological polar surface area (TPSA) is 64.7 Å². The minimum absolute atomic E-state index is 0.651. The summed E-state index contributed by atoms with van der Waals surface area (Å²) in [7, 11) is 0. The average molecular weight is 639 g/mol. The maximum atomic E-state index is 6.18. The molecule has 0 saturated carbocycles. The Morgan fingerprint density at radius 1 is 0.426 bits per heavy atom. The van der Waals surface area contributed by atoms with E-state index < -0.39 is 0 Å². The molecular formula is C40H22N4OS2. The van der Waals surface area contributed by atoms with Crippen LogP contribution in [0.2, 0.25) is 0 Å². The summed E-state index contributed by atoms with van der Waals surface area (Å²) in [6.45, 7) is 0. The Morgan fingerprint density at radius 3 is 1.87 bits per heavy atom. The van der Waals surface area contributed by atoms with Gasteiger partial charge in [0.15, 0.2) is 17.5 Å². The number of aromatic nitrogens is 4. The normalized spacial score (nSPS) is 11.8. The molecule has 0 amide bonds. The van der Waals surface area contributed by atoms with Crippen molar-refractivity contribution in [3.63, 3.8) is 0 Å². The van der Waals surface area contributed by atoms with Crippen LogP contribution >= 0.6 is 22.7 Å². The molecule has 47 heavy (non-hydrogen) atoms. The van der Waals surface area contributed by atoms with Crippen LogP contribution in [-0.2, 0) is 0 Å². The summed E-state index contributed by atoms with van der Waals surface area (Å²) < 4.78 is 9.73. The van der Waals surface area contributed by atoms with E-state index in [1.165, 1.54) is 9.40 Å². The van der Waals surface area contributed by atoms with E-state index in [4.69, 9.17) is 24.4 Å². The summed E-state index contributed by atoms with van der Waals surface area (Å²) in [5.41, 5.74) is 6.72. The highest BCUT2D eigenvalue weighted by Crippen LogP contribution is 2.44. The standard InChI is InChI=1S/C40H22N4OS2/c1-3-11-23(12-4-1)37-42-38(24-13-5-2-6-14-24)44-39(43-37)26-16-10-20-32-36(26)28-21-29-34(22-33(28)46-32)47-40(41-29)27-17-9-19-31-35(27)25-15-7-8-18-30(25)45-31/h1-22H. The van der Waals surface area contributed by atoms with E-state index in [1.807, 2.05) is 84.9 Å². The summed E-state index contributed by atoms with van der Waals surface area (Å²) >= 11 is 3.51. The number of para-hydroxylation sites is 1. The van der Waals surface area contributed by atoms with Gasteiger partial charge in [-0.25, -0.2) is 19.9 Å². The van der Waals surface area contributed by atoms with Gasteiger partial charge in [0.2, 0.25) is 0 Å². The lowest BCUT2D eigenvalue weighted by Crippen LogP contribution is -2.00. The van der Waals surface area contributed by atoms with Crippen molar-refractivity contribution in [1.29, 1.82) is 0 Å². The molecule has 4 heterocycles. The van der Waals surface area contributed by atoms with E-state index in [2.05, 4.69) is 48.5 Å². The average Bonchev–Trinajstić information content (AvgIpc) is 3.83. The van der Waals surface area contributed by atoms with Crippen molar-refractivity contribution in [3.05, 3.63) is 133 Å². The van der Waals surface area contributed by atoms with Gasteiger partial charge in [-0.3, -0.25) is 0 Å². The van der Waals surface area contributed by atoms with Gasteiger partial charge >= 0.3 is 0 Å². The number of hydrogen-bond donors (Lipinski definition) is 0. The van der Waals surface area contributed by atoms with E-state index in [0.717, 1.165) is 70.2 Å². The number of hydrogen-bond acceptors (Lipinski definition) is 7. The van der Waals surface area contributed by atoms with Crippen LogP contribution in [-0.4, -0.2) is 19.9 Å². The van der Waals surface area contributed by atoms with Gasteiger partial charge in [-0.05, 0) is 30.3 Å². The molecule has 4 aromatic heterocycles. The van der Waals surface area contributed by atoms with Crippen LogP contribution in [0.1, 0.15) is 0 Å². The molecule has 0 radical (unpaired) electrons. The zero-order chi connectivity index (χ0) is 30.9. The molecule has 5 nitrogen and oxygen atoms in total. The lowest BCUT2D eigenvalue weighted by atomic mass is 10.0. The van der Waals surface area contributed by atoms with Gasteiger partial charge < -0.3 is 4.42 Å². The number of nitrogens with zero attached hydrogens (tertiary/aromatic N) is 4. The predicted octanol–water partition coefficient (Wildman–Crippen LogP) is 11.4. The molecule has 0 saturated heterocycles. The van der Waals surface area contributed by atoms with Gasteiger partial charge in [-0.2, -0.15) is 0 Å². The van der Waals surface area contributed by atoms with E-state index in [9.17, 15) is 0 Å². The van der Waals surface area contributed by atoms with Crippen LogP contribution in [0, 0.1) is 0 Å². The van der Waals surface area contributed by atoms with Gasteiger partial charge in [-0.1, -0.05) is 103 Å². The second-order valence-electron chi connectivity index (χ2n) is 11.4. The maximum Gasteiger partial charge on any atom is 0.164 e. The monoisotopic (exact) mass is 638 g/mol. The molecule has 0 spiro atoms. The number of rotatable bonds is 4. The van der Waals surface area contributed by atoms with Gasteiger partial charge in [0.25, 0.3) is 0 Å². The van der Waals surface area contributed by atoms with Crippen LogP contribution < -0.4 is 0 Å². The smallest absolute Gasteiger partial charge is 0.164 e. The largest absolute Gasteiger partial charge is 0.456 e. The number of furan rings is 1.